The van der Waals surface area contributed by atoms with Crippen LogP contribution in [0.3, 0.4) is 0 Å². The van der Waals surface area contributed by atoms with Crippen molar-refractivity contribution in [1.82, 2.24) is 18.8 Å². The van der Waals surface area contributed by atoms with Crippen LogP contribution in [0.2, 0.25) is 0 Å². The van der Waals surface area contributed by atoms with Crippen molar-refractivity contribution >= 4 is 10.2 Å². The Balaban J connectivity index is 1.59. The standard InChI is InChI=1S/C21H30N4O2S/c1-21(2,3)16-9-11-17(12-10-16)25-20-8-6-7-19(18(20)15-22-25)23-28(26,27)24-13-4-5-14-24/h9-12,15,19,23H,4-8,13-14H2,1-3H3/t19-/m1/s1. The number of nitrogens with zero attached hydrogens (tertiary/aromatic N) is 3. The second-order valence-corrected chi connectivity index (χ2v) is 10.6. The van der Waals surface area contributed by atoms with Gasteiger partial charge < -0.3 is 0 Å². The molecule has 1 atom stereocenters. The molecular weight excluding hydrogens is 372 g/mol. The summed E-state index contributed by atoms with van der Waals surface area (Å²) in [6.07, 6.45) is 6.40. The first-order chi connectivity index (χ1) is 13.3. The van der Waals surface area contributed by atoms with Crippen LogP contribution in [-0.2, 0) is 22.0 Å². The molecule has 0 radical (unpaired) electrons. The van der Waals surface area contributed by atoms with Crippen LogP contribution in [0.1, 0.15) is 69.3 Å². The number of hydrogen-bond acceptors (Lipinski definition) is 3. The van der Waals surface area contributed by atoms with E-state index >= 15 is 0 Å². The van der Waals surface area contributed by atoms with Gasteiger partial charge in [0.2, 0.25) is 0 Å². The molecule has 0 spiro atoms. The lowest BCUT2D eigenvalue weighted by molar-refractivity contribution is 0.438. The zero-order valence-corrected chi connectivity index (χ0v) is 17.8. The van der Waals surface area contributed by atoms with Crippen LogP contribution in [0.4, 0.5) is 0 Å². The van der Waals surface area contributed by atoms with Crippen molar-refractivity contribution in [1.29, 1.82) is 0 Å². The molecule has 1 aromatic carbocycles. The van der Waals surface area contributed by atoms with Crippen molar-refractivity contribution in [3.8, 4) is 5.69 Å². The molecule has 1 aliphatic carbocycles. The highest BCUT2D eigenvalue weighted by molar-refractivity contribution is 7.87. The summed E-state index contributed by atoms with van der Waals surface area (Å²) < 4.78 is 31.9. The quantitative estimate of drug-likeness (QED) is 0.851. The average molecular weight is 403 g/mol. The maximum Gasteiger partial charge on any atom is 0.280 e. The third-order valence-corrected chi connectivity index (χ3v) is 7.48. The van der Waals surface area contributed by atoms with Crippen LogP contribution >= 0.6 is 0 Å². The molecule has 1 N–H and O–H groups in total. The molecule has 1 aromatic heterocycles. The largest absolute Gasteiger partial charge is 0.280 e. The first-order valence-electron chi connectivity index (χ1n) is 10.2. The molecule has 0 unspecified atom stereocenters. The Morgan fingerprint density at radius 3 is 2.39 bits per heavy atom. The second-order valence-electron chi connectivity index (χ2n) is 8.93. The Kier molecular flexibility index (Phi) is 5.10. The van der Waals surface area contributed by atoms with E-state index in [-0.39, 0.29) is 11.5 Å². The van der Waals surface area contributed by atoms with E-state index in [1.165, 1.54) is 5.56 Å². The maximum atomic E-state index is 12.7. The summed E-state index contributed by atoms with van der Waals surface area (Å²) >= 11 is 0. The normalized spacial score (nSPS) is 21.0. The Hall–Kier alpha value is -1.70. The summed E-state index contributed by atoms with van der Waals surface area (Å²) in [4.78, 5) is 0. The van der Waals surface area contributed by atoms with E-state index in [4.69, 9.17) is 0 Å². The molecule has 6 nitrogen and oxygen atoms in total. The molecule has 7 heteroatoms. The van der Waals surface area contributed by atoms with Crippen LogP contribution in [0, 0.1) is 0 Å². The Bertz CT molecular complexity index is 936. The predicted molar refractivity (Wildman–Crippen MR) is 111 cm³/mol. The monoisotopic (exact) mass is 402 g/mol. The van der Waals surface area contributed by atoms with E-state index in [2.05, 4.69) is 54.9 Å². The van der Waals surface area contributed by atoms with Crippen LogP contribution in [0.15, 0.2) is 30.5 Å². The van der Waals surface area contributed by atoms with Gasteiger partial charge in [0.05, 0.1) is 17.9 Å². The van der Waals surface area contributed by atoms with E-state index < -0.39 is 10.2 Å². The van der Waals surface area contributed by atoms with Crippen LogP contribution < -0.4 is 4.72 Å². The van der Waals surface area contributed by atoms with E-state index in [0.29, 0.717) is 13.1 Å². The van der Waals surface area contributed by atoms with Gasteiger partial charge in [0.15, 0.2) is 0 Å². The smallest absolute Gasteiger partial charge is 0.237 e. The number of fused-ring (bicyclic) bond motifs is 1. The summed E-state index contributed by atoms with van der Waals surface area (Å²) in [5.74, 6) is 0. The van der Waals surface area contributed by atoms with Crippen molar-refractivity contribution in [2.24, 2.45) is 0 Å². The highest BCUT2D eigenvalue weighted by Crippen LogP contribution is 2.32. The van der Waals surface area contributed by atoms with Gasteiger partial charge >= 0.3 is 0 Å². The predicted octanol–water partition coefficient (Wildman–Crippen LogP) is 3.48. The van der Waals surface area contributed by atoms with Crippen molar-refractivity contribution in [2.75, 3.05) is 13.1 Å². The Morgan fingerprint density at radius 2 is 1.75 bits per heavy atom. The molecular formula is C21H30N4O2S. The first-order valence-corrected chi connectivity index (χ1v) is 11.6. The fourth-order valence-corrected chi connectivity index (χ4v) is 5.68. The average Bonchev–Trinajstić information content (AvgIpc) is 3.32. The molecule has 1 aliphatic heterocycles. The number of nitrogens with one attached hydrogen (secondary N) is 1. The minimum absolute atomic E-state index is 0.112. The van der Waals surface area contributed by atoms with Crippen molar-refractivity contribution in [2.45, 2.75) is 64.3 Å². The van der Waals surface area contributed by atoms with Gasteiger partial charge in [-0.25, -0.2) is 4.68 Å². The highest BCUT2D eigenvalue weighted by Gasteiger charge is 2.32. The van der Waals surface area contributed by atoms with Gasteiger partial charge in [-0.1, -0.05) is 32.9 Å². The minimum atomic E-state index is -3.43. The third-order valence-electron chi connectivity index (χ3n) is 5.86. The molecule has 0 amide bonds. The Labute approximate surface area is 168 Å². The zero-order valence-electron chi connectivity index (χ0n) is 17.0. The molecule has 0 saturated carbocycles. The van der Waals surface area contributed by atoms with Gasteiger partial charge in [0.1, 0.15) is 0 Å². The molecule has 28 heavy (non-hydrogen) atoms. The van der Waals surface area contributed by atoms with Crippen LogP contribution in [-0.4, -0.2) is 35.6 Å². The van der Waals surface area contributed by atoms with Gasteiger partial charge in [0, 0.05) is 24.3 Å². The van der Waals surface area contributed by atoms with Crippen molar-refractivity contribution in [3.63, 3.8) is 0 Å². The number of rotatable bonds is 4. The molecule has 2 aliphatic rings. The summed E-state index contributed by atoms with van der Waals surface area (Å²) in [7, 11) is -3.43. The molecule has 1 saturated heterocycles. The molecule has 4 rings (SSSR count). The van der Waals surface area contributed by atoms with Crippen LogP contribution in [0.25, 0.3) is 5.69 Å². The minimum Gasteiger partial charge on any atom is -0.237 e. The Morgan fingerprint density at radius 1 is 1.07 bits per heavy atom. The first kappa shape index (κ1) is 19.6. The van der Waals surface area contributed by atoms with Gasteiger partial charge in [-0.2, -0.15) is 22.5 Å². The van der Waals surface area contributed by atoms with Crippen LogP contribution in [0.5, 0.6) is 0 Å². The van der Waals surface area contributed by atoms with Gasteiger partial charge in [-0.3, -0.25) is 0 Å². The van der Waals surface area contributed by atoms with Gasteiger partial charge in [-0.15, -0.1) is 0 Å². The lowest BCUT2D eigenvalue weighted by atomic mass is 9.87. The zero-order chi connectivity index (χ0) is 19.9. The number of benzene rings is 1. The molecule has 152 valence electrons. The molecule has 0 bridgehead atoms. The molecule has 2 heterocycles. The summed E-state index contributed by atoms with van der Waals surface area (Å²) in [5.41, 5.74) is 4.55. The maximum absolute atomic E-state index is 12.7. The van der Waals surface area contributed by atoms with Crippen molar-refractivity contribution < 1.29 is 8.42 Å². The number of hydrogen-bond donors (Lipinski definition) is 1. The van der Waals surface area contributed by atoms with Gasteiger partial charge in [0.25, 0.3) is 10.2 Å². The van der Waals surface area contributed by atoms with E-state index in [1.807, 2.05) is 10.9 Å². The number of aromatic nitrogens is 2. The topological polar surface area (TPSA) is 67.2 Å². The fraction of sp³-hybridized carbons (Fsp3) is 0.571. The molecule has 2 aromatic rings. The summed E-state index contributed by atoms with van der Waals surface area (Å²) in [5, 5.41) is 4.61. The lowest BCUT2D eigenvalue weighted by Crippen LogP contribution is -2.41. The SMILES string of the molecule is CC(C)(C)c1ccc(-n2ncc3c2CCC[C@H]3NS(=O)(=O)N2CCCC2)cc1. The lowest BCUT2D eigenvalue weighted by Gasteiger charge is -2.26. The van der Waals surface area contributed by atoms with E-state index in [0.717, 1.165) is 49.0 Å². The fourth-order valence-electron chi connectivity index (χ4n) is 4.19. The summed E-state index contributed by atoms with van der Waals surface area (Å²) in [6, 6.07) is 8.31. The highest BCUT2D eigenvalue weighted by atomic mass is 32.2. The molecule has 1 fully saturated rings. The van der Waals surface area contributed by atoms with E-state index in [1.54, 1.807) is 4.31 Å². The van der Waals surface area contributed by atoms with E-state index in [9.17, 15) is 8.42 Å². The summed E-state index contributed by atoms with van der Waals surface area (Å²) in [6.45, 7) is 7.85. The van der Waals surface area contributed by atoms with Crippen molar-refractivity contribution in [3.05, 3.63) is 47.3 Å². The third kappa shape index (κ3) is 3.75. The van der Waals surface area contributed by atoms with Gasteiger partial charge in [-0.05, 0) is 55.2 Å². The second kappa shape index (κ2) is 7.28.